The number of aromatic nitrogens is 3. The molecule has 5 rings (SSSR count). The highest BCUT2D eigenvalue weighted by atomic mass is 16.3. The molecule has 4 nitrogen and oxygen atoms in total. The molecule has 1 heterocycles. The topological polar surface area (TPSA) is 53.8 Å². The highest BCUT2D eigenvalue weighted by Gasteiger charge is 2.18. The van der Waals surface area contributed by atoms with Crippen molar-refractivity contribution in [2.75, 3.05) is 0 Å². The number of rotatable bonds is 3. The van der Waals surface area contributed by atoms with Gasteiger partial charge in [0.05, 0.1) is 0 Å². The number of fused-ring (bicyclic) bond motifs is 1. The van der Waals surface area contributed by atoms with Crippen LogP contribution in [0.4, 0.5) is 0 Å². The molecular weight excluding hydrogens is 346 g/mol. The Kier molecular flexibility index (Phi) is 3.87. The largest absolute Gasteiger partial charge is 0.872 e. The van der Waals surface area contributed by atoms with Crippen LogP contribution in [0.25, 0.3) is 39.2 Å². The van der Waals surface area contributed by atoms with E-state index in [1.165, 1.54) is 0 Å². The summed E-state index contributed by atoms with van der Waals surface area (Å²) >= 11 is 0. The molecule has 5 aromatic rings. The number of hydrogen-bond acceptors (Lipinski definition) is 3. The molecule has 28 heavy (non-hydrogen) atoms. The van der Waals surface area contributed by atoms with Crippen molar-refractivity contribution in [2.24, 2.45) is 0 Å². The van der Waals surface area contributed by atoms with E-state index >= 15 is 0 Å². The van der Waals surface area contributed by atoms with Crippen LogP contribution in [0.1, 0.15) is 0 Å². The number of para-hydroxylation sites is 2. The van der Waals surface area contributed by atoms with Gasteiger partial charge in [-0.3, -0.25) is 4.57 Å². The molecule has 0 spiro atoms. The maximum atomic E-state index is 12.5. The lowest BCUT2D eigenvalue weighted by molar-refractivity contribution is -0.267. The third-order valence-corrected chi connectivity index (χ3v) is 4.84. The fraction of sp³-hybridized carbons (Fsp3) is 0. The average molecular weight is 362 g/mol. The first kappa shape index (κ1) is 16.3. The summed E-state index contributed by atoms with van der Waals surface area (Å²) in [6.45, 7) is 0. The summed E-state index contributed by atoms with van der Waals surface area (Å²) in [4.78, 5) is 0. The van der Waals surface area contributed by atoms with Crippen LogP contribution in [0.2, 0.25) is 0 Å². The second kappa shape index (κ2) is 6.67. The Morgan fingerprint density at radius 3 is 2.00 bits per heavy atom. The smallest absolute Gasteiger partial charge is 0.169 e. The summed E-state index contributed by atoms with van der Waals surface area (Å²) in [6.07, 6.45) is 0. The zero-order chi connectivity index (χ0) is 18.9. The maximum absolute atomic E-state index is 12.5. The molecule has 134 valence electrons. The third kappa shape index (κ3) is 2.63. The van der Waals surface area contributed by atoms with Gasteiger partial charge < -0.3 is 5.11 Å². The highest BCUT2D eigenvalue weighted by molar-refractivity contribution is 5.95. The molecule has 0 saturated heterocycles. The van der Waals surface area contributed by atoms with Gasteiger partial charge in [0, 0.05) is 16.8 Å². The Balaban J connectivity index is 1.84. The minimum Gasteiger partial charge on any atom is -0.872 e. The molecule has 0 saturated carbocycles. The molecule has 0 amide bonds. The van der Waals surface area contributed by atoms with Crippen LogP contribution in [0.3, 0.4) is 0 Å². The van der Waals surface area contributed by atoms with E-state index in [2.05, 4.69) is 28.4 Å². The number of nitrogens with zero attached hydrogens (tertiary/aromatic N) is 3. The van der Waals surface area contributed by atoms with Crippen LogP contribution < -0.4 is 5.11 Å². The molecule has 0 aliphatic rings. The lowest BCUT2D eigenvalue weighted by Crippen LogP contribution is -2.02. The molecule has 0 aliphatic carbocycles. The Morgan fingerprint density at radius 2 is 1.18 bits per heavy atom. The quantitative estimate of drug-likeness (QED) is 0.462. The highest BCUT2D eigenvalue weighted by Crippen LogP contribution is 2.34. The van der Waals surface area contributed by atoms with Crippen molar-refractivity contribution < 1.29 is 5.11 Å². The molecule has 4 aromatic carbocycles. The fourth-order valence-corrected chi connectivity index (χ4v) is 3.53. The van der Waals surface area contributed by atoms with Gasteiger partial charge in [-0.05, 0) is 22.9 Å². The maximum Gasteiger partial charge on any atom is 0.169 e. The first-order valence-corrected chi connectivity index (χ1v) is 9.08. The Labute approximate surface area is 162 Å². The molecule has 0 radical (unpaired) electrons. The third-order valence-electron chi connectivity index (χ3n) is 4.84. The van der Waals surface area contributed by atoms with Gasteiger partial charge in [-0.15, -0.1) is 10.2 Å². The normalized spacial score (nSPS) is 11.0. The predicted octanol–water partition coefficient (Wildman–Crippen LogP) is 4.83. The van der Waals surface area contributed by atoms with Crippen molar-refractivity contribution in [3.63, 3.8) is 0 Å². The van der Waals surface area contributed by atoms with Gasteiger partial charge in [-0.25, -0.2) is 0 Å². The average Bonchev–Trinajstić information content (AvgIpc) is 3.19. The molecule has 0 unspecified atom stereocenters. The first-order chi connectivity index (χ1) is 13.8. The van der Waals surface area contributed by atoms with E-state index in [0.29, 0.717) is 17.2 Å². The van der Waals surface area contributed by atoms with Gasteiger partial charge in [0.2, 0.25) is 0 Å². The van der Waals surface area contributed by atoms with E-state index in [1.807, 2.05) is 65.2 Å². The summed E-state index contributed by atoms with van der Waals surface area (Å²) in [7, 11) is 0. The second-order valence-corrected chi connectivity index (χ2v) is 6.54. The van der Waals surface area contributed by atoms with Crippen molar-refractivity contribution >= 4 is 10.8 Å². The Bertz CT molecular complexity index is 1270. The van der Waals surface area contributed by atoms with E-state index in [1.54, 1.807) is 18.2 Å². The SMILES string of the molecule is [O-]c1ccccc1-c1nnc(-c2cccc3ccccc23)n1-c1ccccc1. The van der Waals surface area contributed by atoms with E-state index in [4.69, 9.17) is 0 Å². The fourth-order valence-electron chi connectivity index (χ4n) is 3.53. The lowest BCUT2D eigenvalue weighted by Gasteiger charge is -2.15. The van der Waals surface area contributed by atoms with Gasteiger partial charge in [0.1, 0.15) is 0 Å². The van der Waals surface area contributed by atoms with E-state index in [0.717, 1.165) is 22.0 Å². The lowest BCUT2D eigenvalue weighted by atomic mass is 10.0. The molecule has 0 aliphatic heterocycles. The predicted molar refractivity (Wildman–Crippen MR) is 109 cm³/mol. The van der Waals surface area contributed by atoms with E-state index in [9.17, 15) is 5.11 Å². The molecule has 0 N–H and O–H groups in total. The second-order valence-electron chi connectivity index (χ2n) is 6.54. The van der Waals surface area contributed by atoms with E-state index < -0.39 is 0 Å². The molecule has 1 aromatic heterocycles. The summed E-state index contributed by atoms with van der Waals surface area (Å²) in [6, 6.07) is 31.1. The number of hydrogen-bond donors (Lipinski definition) is 0. The van der Waals surface area contributed by atoms with Crippen LogP contribution in [0.5, 0.6) is 5.75 Å². The summed E-state index contributed by atoms with van der Waals surface area (Å²) in [5.41, 5.74) is 2.42. The number of benzene rings is 4. The standard InChI is InChI=1S/C24H17N3O/c28-22-16-7-6-14-21(22)24-26-25-23(27(24)18-11-2-1-3-12-18)20-15-8-10-17-9-4-5-13-19(17)20/h1-16,28H/p-1. The summed E-state index contributed by atoms with van der Waals surface area (Å²) in [5.74, 6) is 1.18. The summed E-state index contributed by atoms with van der Waals surface area (Å²) in [5, 5.41) is 23.6. The molecule has 0 fully saturated rings. The van der Waals surface area contributed by atoms with Crippen molar-refractivity contribution in [1.29, 1.82) is 0 Å². The minimum atomic E-state index is -0.0726. The summed E-state index contributed by atoms with van der Waals surface area (Å²) < 4.78 is 1.96. The van der Waals surface area contributed by atoms with Crippen LogP contribution in [-0.4, -0.2) is 14.8 Å². The van der Waals surface area contributed by atoms with Crippen LogP contribution >= 0.6 is 0 Å². The molecule has 0 atom stereocenters. The van der Waals surface area contributed by atoms with Crippen LogP contribution in [-0.2, 0) is 0 Å². The van der Waals surface area contributed by atoms with Crippen LogP contribution in [0, 0.1) is 0 Å². The van der Waals surface area contributed by atoms with Crippen LogP contribution in [0.15, 0.2) is 97.1 Å². The van der Waals surface area contributed by atoms with E-state index in [-0.39, 0.29) is 5.75 Å². The van der Waals surface area contributed by atoms with Crippen molar-refractivity contribution in [1.82, 2.24) is 14.8 Å². The monoisotopic (exact) mass is 362 g/mol. The van der Waals surface area contributed by atoms with Gasteiger partial charge in [0.25, 0.3) is 0 Å². The van der Waals surface area contributed by atoms with Gasteiger partial charge in [0.15, 0.2) is 11.6 Å². The Morgan fingerprint density at radius 1 is 0.571 bits per heavy atom. The zero-order valence-corrected chi connectivity index (χ0v) is 15.0. The van der Waals surface area contributed by atoms with Crippen molar-refractivity contribution in [2.45, 2.75) is 0 Å². The van der Waals surface area contributed by atoms with Gasteiger partial charge >= 0.3 is 0 Å². The zero-order valence-electron chi connectivity index (χ0n) is 15.0. The molecule has 0 bridgehead atoms. The molecular formula is C24H16N3O-. The Hall–Kier alpha value is -3.92. The van der Waals surface area contributed by atoms with Crippen molar-refractivity contribution in [3.05, 3.63) is 97.1 Å². The first-order valence-electron chi connectivity index (χ1n) is 9.08. The molecule has 4 heteroatoms. The van der Waals surface area contributed by atoms with Gasteiger partial charge in [-0.1, -0.05) is 90.7 Å². The van der Waals surface area contributed by atoms with Gasteiger partial charge in [-0.2, -0.15) is 0 Å². The van der Waals surface area contributed by atoms with Crippen molar-refractivity contribution in [3.8, 4) is 34.2 Å². The minimum absolute atomic E-state index is 0.0726.